The molecule has 1 aromatic carbocycles. The van der Waals surface area contributed by atoms with Crippen molar-refractivity contribution in [3.63, 3.8) is 0 Å². The van der Waals surface area contributed by atoms with E-state index in [4.69, 9.17) is 0 Å². The maximum absolute atomic E-state index is 10.9. The summed E-state index contributed by atoms with van der Waals surface area (Å²) in [6, 6.07) is 14.0. The van der Waals surface area contributed by atoms with E-state index in [1.807, 2.05) is 30.3 Å². The molecule has 0 amide bonds. The average molecular weight is 364 g/mol. The Hall–Kier alpha value is -3.33. The molecule has 4 aromatic rings. The van der Waals surface area contributed by atoms with Crippen LogP contribution in [0.15, 0.2) is 66.0 Å². The summed E-state index contributed by atoms with van der Waals surface area (Å²) in [7, 11) is 0. The highest BCUT2D eigenvalue weighted by Gasteiger charge is 2.11. The van der Waals surface area contributed by atoms with Crippen molar-refractivity contribution in [2.75, 3.05) is 0 Å². The van der Waals surface area contributed by atoms with Crippen LogP contribution in [0.3, 0.4) is 0 Å². The Morgan fingerprint density at radius 1 is 1.12 bits per heavy atom. The van der Waals surface area contributed by atoms with E-state index in [9.17, 15) is 10.1 Å². The van der Waals surface area contributed by atoms with Gasteiger partial charge in [0.2, 0.25) is 0 Å². The fourth-order valence-electron chi connectivity index (χ4n) is 2.44. The average Bonchev–Trinajstić information content (AvgIpc) is 3.10. The van der Waals surface area contributed by atoms with Crippen LogP contribution >= 0.6 is 11.8 Å². The summed E-state index contributed by atoms with van der Waals surface area (Å²) in [5.74, 6) is 1.19. The molecule has 0 atom stereocenters. The molecule has 0 aliphatic carbocycles. The predicted octanol–water partition coefficient (Wildman–Crippen LogP) is 3.39. The van der Waals surface area contributed by atoms with Gasteiger partial charge in [-0.1, -0.05) is 23.9 Å². The number of fused-ring (bicyclic) bond motifs is 1. The van der Waals surface area contributed by atoms with E-state index in [-0.39, 0.29) is 5.69 Å². The second-order valence-electron chi connectivity index (χ2n) is 5.42. The summed E-state index contributed by atoms with van der Waals surface area (Å²) in [5.41, 5.74) is 2.42. The van der Waals surface area contributed by atoms with Gasteiger partial charge in [-0.25, -0.2) is 0 Å². The largest absolute Gasteiger partial charge is 0.269 e. The summed E-state index contributed by atoms with van der Waals surface area (Å²) in [5, 5.41) is 24.5. The zero-order valence-electron chi connectivity index (χ0n) is 13.4. The maximum Gasteiger partial charge on any atom is 0.269 e. The molecule has 0 saturated carbocycles. The van der Waals surface area contributed by atoms with E-state index < -0.39 is 4.92 Å². The zero-order chi connectivity index (χ0) is 17.9. The van der Waals surface area contributed by atoms with E-state index in [1.165, 1.54) is 17.8 Å². The van der Waals surface area contributed by atoms with E-state index in [1.54, 1.807) is 29.0 Å². The molecule has 0 saturated heterocycles. The molecule has 0 aliphatic heterocycles. The lowest BCUT2D eigenvalue weighted by Crippen LogP contribution is -1.97. The molecule has 0 aliphatic rings. The van der Waals surface area contributed by atoms with E-state index in [2.05, 4.69) is 20.3 Å². The lowest BCUT2D eigenvalue weighted by Gasteiger charge is -2.03. The Bertz CT molecular complexity index is 1080. The van der Waals surface area contributed by atoms with Crippen molar-refractivity contribution in [3.8, 4) is 11.4 Å². The highest BCUT2D eigenvalue weighted by molar-refractivity contribution is 7.98. The first-order valence-corrected chi connectivity index (χ1v) is 8.68. The summed E-state index contributed by atoms with van der Waals surface area (Å²) in [6.07, 6.45) is 3.40. The number of aromatic nitrogens is 5. The van der Waals surface area contributed by atoms with Gasteiger partial charge in [0, 0.05) is 35.8 Å². The second kappa shape index (κ2) is 6.89. The molecular formula is C17H12N6O2S. The molecule has 0 fully saturated rings. The molecule has 3 heterocycles. The van der Waals surface area contributed by atoms with Crippen LogP contribution in [0.4, 0.5) is 5.69 Å². The summed E-state index contributed by atoms with van der Waals surface area (Å²) in [6.45, 7) is 0. The lowest BCUT2D eigenvalue weighted by atomic mass is 10.2. The van der Waals surface area contributed by atoms with Crippen molar-refractivity contribution in [2.24, 2.45) is 0 Å². The number of nitro benzene ring substituents is 1. The summed E-state index contributed by atoms with van der Waals surface area (Å²) >= 11 is 1.49. The van der Waals surface area contributed by atoms with Gasteiger partial charge in [-0.2, -0.15) is 9.61 Å². The molecule has 9 heteroatoms. The monoisotopic (exact) mass is 364 g/mol. The predicted molar refractivity (Wildman–Crippen MR) is 96.7 cm³/mol. The van der Waals surface area contributed by atoms with Crippen molar-refractivity contribution in [1.82, 2.24) is 24.8 Å². The third-order valence-corrected chi connectivity index (χ3v) is 4.66. The smallest absolute Gasteiger partial charge is 0.264 e. The fourth-order valence-corrected chi connectivity index (χ4v) is 3.24. The van der Waals surface area contributed by atoms with Crippen LogP contribution in [0.2, 0.25) is 0 Å². The van der Waals surface area contributed by atoms with Gasteiger partial charge in [0.25, 0.3) is 5.69 Å². The van der Waals surface area contributed by atoms with Crippen molar-refractivity contribution in [3.05, 3.63) is 76.6 Å². The third-order valence-electron chi connectivity index (χ3n) is 3.67. The van der Waals surface area contributed by atoms with Gasteiger partial charge in [0.1, 0.15) is 5.03 Å². The van der Waals surface area contributed by atoms with Crippen LogP contribution in [-0.2, 0) is 5.75 Å². The summed E-state index contributed by atoms with van der Waals surface area (Å²) in [4.78, 5) is 14.6. The van der Waals surface area contributed by atoms with Gasteiger partial charge < -0.3 is 0 Å². The SMILES string of the molecule is O=[N+]([O-])c1cccc(CSc2ccc3nnc(-c4cccnc4)n3n2)c1. The topological polar surface area (TPSA) is 99.1 Å². The number of nitro groups is 1. The first-order valence-electron chi connectivity index (χ1n) is 7.70. The van der Waals surface area contributed by atoms with Crippen LogP contribution < -0.4 is 0 Å². The number of benzene rings is 1. The number of thioether (sulfide) groups is 1. The Balaban J connectivity index is 1.60. The molecule has 8 nitrogen and oxygen atoms in total. The van der Waals surface area contributed by atoms with Crippen molar-refractivity contribution >= 4 is 23.1 Å². The fraction of sp³-hybridized carbons (Fsp3) is 0.0588. The molecule has 0 unspecified atom stereocenters. The summed E-state index contributed by atoms with van der Waals surface area (Å²) < 4.78 is 1.67. The standard InChI is InChI=1S/C17H12N6O2S/c24-23(25)14-5-1-3-12(9-14)11-26-16-7-6-15-19-20-17(22(15)21-16)13-4-2-8-18-10-13/h1-10H,11H2. The molecule has 0 spiro atoms. The number of pyridine rings is 1. The van der Waals surface area contributed by atoms with Crippen molar-refractivity contribution in [2.45, 2.75) is 10.8 Å². The minimum atomic E-state index is -0.393. The highest BCUT2D eigenvalue weighted by atomic mass is 32.2. The molecule has 3 aromatic heterocycles. The number of hydrogen-bond acceptors (Lipinski definition) is 7. The van der Waals surface area contributed by atoms with E-state index in [0.717, 1.165) is 16.2 Å². The van der Waals surface area contributed by atoms with Gasteiger partial charge in [0.15, 0.2) is 11.5 Å². The van der Waals surface area contributed by atoms with Crippen molar-refractivity contribution in [1.29, 1.82) is 0 Å². The van der Waals surface area contributed by atoms with Gasteiger partial charge in [0.05, 0.1) is 4.92 Å². The van der Waals surface area contributed by atoms with Crippen LogP contribution in [-0.4, -0.2) is 29.7 Å². The van der Waals surface area contributed by atoms with Crippen LogP contribution in [0.25, 0.3) is 17.0 Å². The molecular weight excluding hydrogens is 352 g/mol. The molecule has 0 bridgehead atoms. The minimum absolute atomic E-state index is 0.0872. The van der Waals surface area contributed by atoms with Crippen molar-refractivity contribution < 1.29 is 4.92 Å². The van der Waals surface area contributed by atoms with Gasteiger partial charge in [-0.15, -0.1) is 10.2 Å². The van der Waals surface area contributed by atoms with Crippen LogP contribution in [0.5, 0.6) is 0 Å². The van der Waals surface area contributed by atoms with E-state index >= 15 is 0 Å². The first kappa shape index (κ1) is 16.2. The number of hydrogen-bond donors (Lipinski definition) is 0. The Morgan fingerprint density at radius 2 is 2.04 bits per heavy atom. The Morgan fingerprint density at radius 3 is 2.85 bits per heavy atom. The molecule has 0 radical (unpaired) electrons. The van der Waals surface area contributed by atoms with Crippen LogP contribution in [0.1, 0.15) is 5.56 Å². The van der Waals surface area contributed by atoms with Gasteiger partial charge in [-0.3, -0.25) is 15.1 Å². The zero-order valence-corrected chi connectivity index (χ0v) is 14.2. The second-order valence-corrected chi connectivity index (χ2v) is 6.42. The first-order chi connectivity index (χ1) is 12.7. The Labute approximate surface area is 152 Å². The molecule has 0 N–H and O–H groups in total. The normalized spacial score (nSPS) is 10.9. The van der Waals surface area contributed by atoms with Crippen LogP contribution in [0, 0.1) is 10.1 Å². The number of rotatable bonds is 5. The van der Waals surface area contributed by atoms with E-state index in [0.29, 0.717) is 17.2 Å². The van der Waals surface area contributed by atoms with Gasteiger partial charge >= 0.3 is 0 Å². The van der Waals surface area contributed by atoms with Gasteiger partial charge in [-0.05, 0) is 29.8 Å². The lowest BCUT2D eigenvalue weighted by molar-refractivity contribution is -0.384. The third kappa shape index (κ3) is 3.24. The number of non-ortho nitro benzene ring substituents is 1. The quantitative estimate of drug-likeness (QED) is 0.304. The minimum Gasteiger partial charge on any atom is -0.264 e. The molecule has 128 valence electrons. The highest BCUT2D eigenvalue weighted by Crippen LogP contribution is 2.24. The number of nitrogens with zero attached hydrogens (tertiary/aromatic N) is 6. The molecule has 26 heavy (non-hydrogen) atoms. The Kier molecular flexibility index (Phi) is 4.28. The maximum atomic E-state index is 10.9. The molecule has 4 rings (SSSR count).